The van der Waals surface area contributed by atoms with E-state index in [9.17, 15) is 14.7 Å². The molecule has 1 aliphatic heterocycles. The highest BCUT2D eigenvalue weighted by Gasteiger charge is 2.26. The fourth-order valence-electron chi connectivity index (χ4n) is 3.63. The van der Waals surface area contributed by atoms with E-state index in [0.717, 1.165) is 24.8 Å². The monoisotopic (exact) mass is 351 g/mol. The third-order valence-corrected chi connectivity index (χ3v) is 5.19. The molecule has 0 unspecified atom stereocenters. The van der Waals surface area contributed by atoms with E-state index >= 15 is 0 Å². The van der Waals surface area contributed by atoms with E-state index in [0.29, 0.717) is 25.3 Å². The Balaban J connectivity index is 1.64. The number of hydrogen-bond donors (Lipinski definition) is 1. The smallest absolute Gasteiger partial charge is 0.257 e. The lowest BCUT2D eigenvalue weighted by molar-refractivity contribution is 0.0687. The molecule has 2 aromatic carbocycles. The number of piperidine rings is 1. The average Bonchev–Trinajstić information content (AvgIpc) is 2.65. The lowest BCUT2D eigenvalue weighted by Crippen LogP contribution is -2.39. The van der Waals surface area contributed by atoms with E-state index in [-0.39, 0.29) is 22.8 Å². The van der Waals surface area contributed by atoms with E-state index < -0.39 is 0 Å². The van der Waals surface area contributed by atoms with Gasteiger partial charge in [0.2, 0.25) is 0 Å². The molecule has 3 rings (SSSR count). The summed E-state index contributed by atoms with van der Waals surface area (Å²) in [6.45, 7) is 5.26. The van der Waals surface area contributed by atoms with Gasteiger partial charge >= 0.3 is 0 Å². The number of rotatable bonds is 4. The van der Waals surface area contributed by atoms with E-state index in [2.05, 4.69) is 31.2 Å². The van der Waals surface area contributed by atoms with Crippen molar-refractivity contribution >= 4 is 12.2 Å². The van der Waals surface area contributed by atoms with Crippen LogP contribution in [-0.4, -0.2) is 35.3 Å². The Bertz CT molecular complexity index is 803. The molecular weight excluding hydrogens is 326 g/mol. The van der Waals surface area contributed by atoms with Crippen molar-refractivity contribution in [2.75, 3.05) is 13.1 Å². The van der Waals surface area contributed by atoms with Crippen LogP contribution in [0.15, 0.2) is 36.4 Å². The number of phenols is 1. The largest absolute Gasteiger partial charge is 0.506 e. The SMILES string of the molecule is Cc1ccc(CC2CCN(C(=O)c3cc(C)cc(C=O)c3O)CC2)cc1. The lowest BCUT2D eigenvalue weighted by atomic mass is 9.89. The van der Waals surface area contributed by atoms with Crippen LogP contribution in [0.5, 0.6) is 5.75 Å². The highest BCUT2D eigenvalue weighted by Crippen LogP contribution is 2.28. The molecule has 0 bridgehead atoms. The maximum absolute atomic E-state index is 12.8. The number of aromatic hydroxyl groups is 1. The predicted octanol–water partition coefficient (Wildman–Crippen LogP) is 3.92. The minimum absolute atomic E-state index is 0.169. The van der Waals surface area contributed by atoms with Crippen molar-refractivity contribution in [3.05, 3.63) is 64.2 Å². The summed E-state index contributed by atoms with van der Waals surface area (Å²) in [4.78, 5) is 25.7. The molecule has 4 nitrogen and oxygen atoms in total. The molecule has 0 radical (unpaired) electrons. The Morgan fingerprint density at radius 1 is 1.12 bits per heavy atom. The summed E-state index contributed by atoms with van der Waals surface area (Å²) in [5, 5.41) is 10.2. The van der Waals surface area contributed by atoms with Gasteiger partial charge in [0.15, 0.2) is 6.29 Å². The predicted molar refractivity (Wildman–Crippen MR) is 102 cm³/mol. The van der Waals surface area contributed by atoms with Crippen molar-refractivity contribution in [2.24, 2.45) is 5.92 Å². The molecule has 0 saturated carbocycles. The number of benzene rings is 2. The summed E-state index contributed by atoms with van der Waals surface area (Å²) in [5.41, 5.74) is 3.79. The highest BCUT2D eigenvalue weighted by molar-refractivity contribution is 6.00. The Hall–Kier alpha value is -2.62. The zero-order chi connectivity index (χ0) is 18.7. The van der Waals surface area contributed by atoms with Gasteiger partial charge in [0, 0.05) is 13.1 Å². The molecule has 1 fully saturated rings. The van der Waals surface area contributed by atoms with E-state index in [1.54, 1.807) is 17.0 Å². The quantitative estimate of drug-likeness (QED) is 0.850. The molecule has 0 atom stereocenters. The van der Waals surface area contributed by atoms with Crippen molar-refractivity contribution in [3.63, 3.8) is 0 Å². The van der Waals surface area contributed by atoms with Gasteiger partial charge in [0.05, 0.1) is 11.1 Å². The summed E-state index contributed by atoms with van der Waals surface area (Å²) in [6, 6.07) is 11.9. The summed E-state index contributed by atoms with van der Waals surface area (Å²) in [5.74, 6) is 0.166. The van der Waals surface area contributed by atoms with Crippen LogP contribution in [0.4, 0.5) is 0 Å². The van der Waals surface area contributed by atoms with Crippen molar-refractivity contribution in [1.82, 2.24) is 4.90 Å². The van der Waals surface area contributed by atoms with Gasteiger partial charge < -0.3 is 10.0 Å². The van der Waals surface area contributed by atoms with Gasteiger partial charge in [-0.25, -0.2) is 0 Å². The van der Waals surface area contributed by atoms with Crippen LogP contribution in [0.25, 0.3) is 0 Å². The van der Waals surface area contributed by atoms with Crippen molar-refractivity contribution in [1.29, 1.82) is 0 Å². The standard InChI is InChI=1S/C22H25NO3/c1-15-3-5-17(6-4-15)13-18-7-9-23(10-8-18)22(26)20-12-16(2)11-19(14-24)21(20)25/h3-6,11-12,14,18,25H,7-10,13H2,1-2H3. The van der Waals surface area contributed by atoms with Gasteiger partial charge in [-0.1, -0.05) is 29.8 Å². The van der Waals surface area contributed by atoms with E-state index in [1.165, 1.54) is 11.1 Å². The summed E-state index contributed by atoms with van der Waals surface area (Å²) >= 11 is 0. The molecule has 1 amide bonds. The fourth-order valence-corrected chi connectivity index (χ4v) is 3.63. The summed E-state index contributed by atoms with van der Waals surface area (Å²) in [7, 11) is 0. The third-order valence-electron chi connectivity index (χ3n) is 5.19. The molecule has 2 aromatic rings. The molecule has 0 aliphatic carbocycles. The van der Waals surface area contributed by atoms with Gasteiger partial charge in [-0.3, -0.25) is 9.59 Å². The number of aldehydes is 1. The zero-order valence-electron chi connectivity index (χ0n) is 15.4. The molecule has 1 saturated heterocycles. The summed E-state index contributed by atoms with van der Waals surface area (Å²) < 4.78 is 0. The number of hydrogen-bond acceptors (Lipinski definition) is 3. The molecular formula is C22H25NO3. The molecule has 1 heterocycles. The maximum Gasteiger partial charge on any atom is 0.257 e. The second-order valence-corrected chi connectivity index (χ2v) is 7.29. The number of carbonyl (C=O) groups excluding carboxylic acids is 2. The van der Waals surface area contributed by atoms with Crippen molar-refractivity contribution in [3.8, 4) is 5.75 Å². The van der Waals surface area contributed by atoms with Crippen LogP contribution in [0, 0.1) is 19.8 Å². The van der Waals surface area contributed by atoms with Gasteiger partial charge in [-0.2, -0.15) is 0 Å². The molecule has 0 spiro atoms. The lowest BCUT2D eigenvalue weighted by Gasteiger charge is -2.32. The van der Waals surface area contributed by atoms with Crippen LogP contribution in [0.3, 0.4) is 0 Å². The Morgan fingerprint density at radius 3 is 2.38 bits per heavy atom. The van der Waals surface area contributed by atoms with Gasteiger partial charge in [0.1, 0.15) is 5.75 Å². The first-order chi connectivity index (χ1) is 12.5. The number of aryl methyl sites for hydroxylation is 2. The summed E-state index contributed by atoms with van der Waals surface area (Å²) in [6.07, 6.45) is 3.53. The zero-order valence-corrected chi connectivity index (χ0v) is 15.4. The Kier molecular flexibility index (Phi) is 5.40. The average molecular weight is 351 g/mol. The second-order valence-electron chi connectivity index (χ2n) is 7.29. The molecule has 1 N–H and O–H groups in total. The maximum atomic E-state index is 12.8. The minimum atomic E-state index is -0.211. The first-order valence-electron chi connectivity index (χ1n) is 9.11. The van der Waals surface area contributed by atoms with Crippen molar-refractivity contribution < 1.29 is 14.7 Å². The van der Waals surface area contributed by atoms with Gasteiger partial charge in [-0.05, 0) is 62.3 Å². The molecule has 136 valence electrons. The minimum Gasteiger partial charge on any atom is -0.506 e. The van der Waals surface area contributed by atoms with Crippen LogP contribution in [0.1, 0.15) is 50.2 Å². The van der Waals surface area contributed by atoms with E-state index in [1.807, 2.05) is 6.92 Å². The number of carbonyl (C=O) groups is 2. The van der Waals surface area contributed by atoms with Crippen LogP contribution >= 0.6 is 0 Å². The van der Waals surface area contributed by atoms with Crippen LogP contribution in [0.2, 0.25) is 0 Å². The van der Waals surface area contributed by atoms with E-state index in [4.69, 9.17) is 0 Å². The molecule has 26 heavy (non-hydrogen) atoms. The number of amides is 1. The second kappa shape index (κ2) is 7.73. The van der Waals surface area contributed by atoms with Gasteiger partial charge in [-0.15, -0.1) is 0 Å². The van der Waals surface area contributed by atoms with Crippen LogP contribution in [-0.2, 0) is 6.42 Å². The third kappa shape index (κ3) is 3.96. The highest BCUT2D eigenvalue weighted by atomic mass is 16.3. The Morgan fingerprint density at radius 2 is 1.77 bits per heavy atom. The first kappa shape index (κ1) is 18.2. The number of nitrogens with zero attached hydrogens (tertiary/aromatic N) is 1. The van der Waals surface area contributed by atoms with Crippen LogP contribution < -0.4 is 0 Å². The Labute approximate surface area is 154 Å². The van der Waals surface area contributed by atoms with Crippen molar-refractivity contribution in [2.45, 2.75) is 33.1 Å². The molecule has 4 heteroatoms. The normalized spacial score (nSPS) is 15.1. The first-order valence-corrected chi connectivity index (χ1v) is 9.11. The van der Waals surface area contributed by atoms with Gasteiger partial charge in [0.25, 0.3) is 5.91 Å². The fraction of sp³-hybridized carbons (Fsp3) is 0.364. The molecule has 0 aromatic heterocycles. The number of phenolic OH excluding ortho intramolecular Hbond substituents is 1. The molecule has 1 aliphatic rings. The number of likely N-dealkylation sites (tertiary alicyclic amines) is 1. The topological polar surface area (TPSA) is 57.6 Å².